The Kier molecular flexibility index (Phi) is 10.2. The van der Waals surface area contributed by atoms with Crippen molar-refractivity contribution in [2.24, 2.45) is 18.9 Å². The van der Waals surface area contributed by atoms with Crippen LogP contribution in [-0.2, 0) is 23.7 Å². The molecule has 13 rings (SSSR count). The summed E-state index contributed by atoms with van der Waals surface area (Å²) >= 11 is 0. The predicted molar refractivity (Wildman–Crippen MR) is 258 cm³/mol. The van der Waals surface area contributed by atoms with Gasteiger partial charge in [0.25, 0.3) is 5.91 Å². The van der Waals surface area contributed by atoms with Crippen LogP contribution < -0.4 is 5.69 Å². The first-order chi connectivity index (χ1) is 34.4. The molecule has 3 aromatic carbocycles. The van der Waals surface area contributed by atoms with E-state index < -0.39 is 23.1 Å². The molecule has 5 aliphatic rings. The molecule has 0 spiro atoms. The third-order valence-electron chi connectivity index (χ3n) is 16.9. The summed E-state index contributed by atoms with van der Waals surface area (Å²) in [7, 11) is 1.73. The summed E-state index contributed by atoms with van der Waals surface area (Å²) in [4.78, 5) is 35.2. The van der Waals surface area contributed by atoms with Crippen LogP contribution in [0.3, 0.4) is 0 Å². The van der Waals surface area contributed by atoms with Crippen LogP contribution in [0.25, 0.3) is 39.0 Å². The molecule has 8 aromatic rings. The number of halogens is 2. The number of hydrogen-bond acceptors (Lipinski definition) is 10. The fourth-order valence-electron chi connectivity index (χ4n) is 13.2. The normalized spacial score (nSPS) is 24.8. The maximum absolute atomic E-state index is 16.3. The number of imidazole rings is 1. The zero-order valence-corrected chi connectivity index (χ0v) is 40.1. The molecule has 1 unspecified atom stereocenters. The van der Waals surface area contributed by atoms with Crippen LogP contribution in [0.5, 0.6) is 0 Å². The fourth-order valence-corrected chi connectivity index (χ4v) is 13.2. The molecule has 0 radical (unpaired) electrons. The predicted octanol–water partition coefficient (Wildman–Crippen LogP) is 6.33. The lowest BCUT2D eigenvalue weighted by atomic mass is 9.91. The van der Waals surface area contributed by atoms with Gasteiger partial charge in [0.2, 0.25) is 0 Å². The first-order valence-electron chi connectivity index (χ1n) is 24.9. The van der Waals surface area contributed by atoms with Gasteiger partial charge in [0, 0.05) is 93.1 Å². The molecule has 3 aliphatic heterocycles. The van der Waals surface area contributed by atoms with E-state index in [1.54, 1.807) is 60.7 Å². The Morgan fingerprint density at radius 1 is 0.901 bits per heavy atom. The van der Waals surface area contributed by atoms with Gasteiger partial charge in [-0.1, -0.05) is 6.07 Å². The lowest BCUT2D eigenvalue weighted by molar-refractivity contribution is 0.0655. The number of aliphatic hydroxyl groups is 1. The van der Waals surface area contributed by atoms with Crippen molar-refractivity contribution in [3.63, 3.8) is 0 Å². The van der Waals surface area contributed by atoms with Gasteiger partial charge in [0.1, 0.15) is 22.9 Å². The number of likely N-dealkylation sites (tertiary alicyclic amines) is 1. The number of piperidine rings is 1. The average molecular weight is 964 g/mol. The Morgan fingerprint density at radius 3 is 2.37 bits per heavy atom. The van der Waals surface area contributed by atoms with Crippen molar-refractivity contribution in [1.29, 1.82) is 0 Å². The second kappa shape index (κ2) is 16.4. The smallest absolute Gasteiger partial charge is 0.338 e. The molecule has 19 heteroatoms. The number of rotatable bonds is 8. The number of fused-ring (bicyclic) bond motifs is 4. The number of aliphatic hydroxyl groups excluding tert-OH is 1. The Bertz CT molecular complexity index is 3450. The maximum atomic E-state index is 16.3. The Labute approximate surface area is 406 Å². The number of tetrazole rings is 1. The minimum atomic E-state index is -0.732. The molecule has 1 amide bonds. The standard InChI is InChI=1S/C52H55F2N13O4/c1-28-21-35(22-29(2)46(28)53)67-48(65-18-17-64(51(65)70)43-12-11-42-37(47(43)54)25-55-61(42)4)45-30(3)63(16-13-40(45)58-67)49(69)44-24-33-23-32(31-14-19-71-20-15-31)5-10-41(33)66(44)52(50-56-59-60-57-50)38-26-62(27-39(38)52)34-6-8-36(68)9-7-34/h5,10-12,17-18,21-25,30-31,34,36,38-39,68H,6-9,13-16,19-20,26-27H2,1-4H3,(H,56,57,59,60)/t30-,34?,36?,38-,39+,52?/m0/s1. The summed E-state index contributed by atoms with van der Waals surface area (Å²) in [6.07, 6.45) is 10.0. The van der Waals surface area contributed by atoms with Crippen molar-refractivity contribution in [3.05, 3.63) is 129 Å². The van der Waals surface area contributed by atoms with Crippen LogP contribution in [0, 0.1) is 37.3 Å². The number of aromatic nitrogens is 11. The number of carbonyl (C=O) groups is 1. The minimum absolute atomic E-state index is 0.0571. The molecule has 366 valence electrons. The number of nitrogens with zero attached hydrogens (tertiary/aromatic N) is 12. The maximum Gasteiger partial charge on any atom is 0.338 e. The van der Waals surface area contributed by atoms with Gasteiger partial charge in [-0.15, -0.1) is 5.10 Å². The minimum Gasteiger partial charge on any atom is -0.393 e. The highest BCUT2D eigenvalue weighted by Crippen LogP contribution is 2.65. The van der Waals surface area contributed by atoms with Crippen molar-refractivity contribution >= 4 is 27.7 Å². The average Bonchev–Trinajstić information content (AvgIpc) is 4.19. The van der Waals surface area contributed by atoms with Crippen molar-refractivity contribution < 1.29 is 23.4 Å². The van der Waals surface area contributed by atoms with Crippen LogP contribution in [-0.4, -0.2) is 120 Å². The largest absolute Gasteiger partial charge is 0.393 e. The fraction of sp³-hybridized carbons (Fsp3) is 0.442. The van der Waals surface area contributed by atoms with E-state index in [4.69, 9.17) is 9.84 Å². The van der Waals surface area contributed by atoms with E-state index in [2.05, 4.69) is 53.4 Å². The van der Waals surface area contributed by atoms with E-state index in [1.807, 2.05) is 17.9 Å². The second-order valence-corrected chi connectivity index (χ2v) is 20.6. The Hall–Kier alpha value is -6.83. The van der Waals surface area contributed by atoms with Crippen LogP contribution >= 0.6 is 0 Å². The van der Waals surface area contributed by atoms with E-state index in [0.29, 0.717) is 89.1 Å². The van der Waals surface area contributed by atoms with E-state index in [-0.39, 0.29) is 40.7 Å². The number of aryl methyl sites for hydroxylation is 3. The quantitative estimate of drug-likeness (QED) is 0.175. The molecule has 8 heterocycles. The third kappa shape index (κ3) is 6.61. The second-order valence-electron chi connectivity index (χ2n) is 20.6. The molecule has 5 aromatic heterocycles. The van der Waals surface area contributed by atoms with Crippen molar-refractivity contribution in [1.82, 2.24) is 63.7 Å². The summed E-state index contributed by atoms with van der Waals surface area (Å²) in [5.74, 6) is 0.442. The topological polar surface area (TPSA) is 175 Å². The highest BCUT2D eigenvalue weighted by atomic mass is 19.1. The number of ether oxygens (including phenoxy) is 1. The first-order valence-corrected chi connectivity index (χ1v) is 24.9. The number of carbonyl (C=O) groups excluding carboxylic acids is 1. The van der Waals surface area contributed by atoms with Gasteiger partial charge in [-0.25, -0.2) is 23.4 Å². The molecular formula is C52H55F2N13O4. The van der Waals surface area contributed by atoms with E-state index in [1.165, 1.54) is 27.1 Å². The number of aromatic amines is 1. The van der Waals surface area contributed by atoms with Crippen LogP contribution in [0.1, 0.15) is 102 Å². The number of H-pyrrole nitrogens is 1. The summed E-state index contributed by atoms with van der Waals surface area (Å²) in [6.45, 7) is 8.70. The van der Waals surface area contributed by atoms with Crippen molar-refractivity contribution in [2.45, 2.75) is 95.4 Å². The molecule has 2 aliphatic carbocycles. The number of benzene rings is 3. The van der Waals surface area contributed by atoms with Crippen molar-refractivity contribution in [2.75, 3.05) is 32.8 Å². The van der Waals surface area contributed by atoms with Gasteiger partial charge >= 0.3 is 5.69 Å². The van der Waals surface area contributed by atoms with Gasteiger partial charge in [0.15, 0.2) is 11.6 Å². The van der Waals surface area contributed by atoms with E-state index in [9.17, 15) is 9.90 Å². The number of hydrogen-bond donors (Lipinski definition) is 2. The van der Waals surface area contributed by atoms with Crippen LogP contribution in [0.4, 0.5) is 8.78 Å². The lowest BCUT2D eigenvalue weighted by Crippen LogP contribution is -2.44. The molecular weight excluding hydrogens is 909 g/mol. The highest BCUT2D eigenvalue weighted by molar-refractivity contribution is 6.00. The van der Waals surface area contributed by atoms with Gasteiger partial charge in [-0.2, -0.15) is 10.2 Å². The first kappa shape index (κ1) is 44.1. The lowest BCUT2D eigenvalue weighted by Gasteiger charge is -2.37. The molecule has 4 fully saturated rings. The van der Waals surface area contributed by atoms with Crippen LogP contribution in [0.2, 0.25) is 0 Å². The zero-order chi connectivity index (χ0) is 48.6. The third-order valence-corrected chi connectivity index (χ3v) is 16.9. The zero-order valence-electron chi connectivity index (χ0n) is 40.1. The summed E-state index contributed by atoms with van der Waals surface area (Å²) in [5, 5.41) is 36.9. The monoisotopic (exact) mass is 963 g/mol. The molecule has 2 saturated carbocycles. The molecule has 0 bridgehead atoms. The molecule has 4 atom stereocenters. The molecule has 2 N–H and O–H groups in total. The van der Waals surface area contributed by atoms with E-state index in [0.717, 1.165) is 62.5 Å². The summed E-state index contributed by atoms with van der Waals surface area (Å²) in [6, 6.07) is 15.1. The molecule has 71 heavy (non-hydrogen) atoms. The van der Waals surface area contributed by atoms with E-state index >= 15 is 13.6 Å². The molecule has 2 saturated heterocycles. The summed E-state index contributed by atoms with van der Waals surface area (Å²) in [5.41, 5.74) is 4.72. The van der Waals surface area contributed by atoms with Gasteiger partial charge in [-0.05, 0) is 135 Å². The summed E-state index contributed by atoms with van der Waals surface area (Å²) < 4.78 is 45.4. The number of amides is 1. The number of nitrogens with one attached hydrogen (secondary N) is 1. The SMILES string of the molecule is Cc1cc(-n2nc3c(c2-n2ccn(-c4ccc5c(cnn5C)c4F)c2=O)[C@H](C)N(C(=O)c2cc4cc(C5CCOCC5)ccc4n2C2(c4nnn[nH]4)[C@@H]4CN(C5CCC(O)CC5)C[C@@H]42)CC3)cc(C)c1F. The van der Waals surface area contributed by atoms with Crippen molar-refractivity contribution in [3.8, 4) is 17.2 Å². The Balaban J connectivity index is 0.941. The van der Waals surface area contributed by atoms with Crippen LogP contribution in [0.15, 0.2) is 71.9 Å². The van der Waals surface area contributed by atoms with Gasteiger partial charge < -0.3 is 19.3 Å². The van der Waals surface area contributed by atoms with Gasteiger partial charge in [-0.3, -0.25) is 23.5 Å². The molecule has 17 nitrogen and oxygen atoms in total. The Morgan fingerprint density at radius 2 is 1.63 bits per heavy atom. The highest BCUT2D eigenvalue weighted by Gasteiger charge is 2.73. The van der Waals surface area contributed by atoms with Gasteiger partial charge in [0.05, 0.1) is 46.3 Å².